The predicted molar refractivity (Wildman–Crippen MR) is 75.6 cm³/mol. The van der Waals surface area contributed by atoms with Crippen molar-refractivity contribution in [2.75, 3.05) is 5.75 Å². The van der Waals surface area contributed by atoms with Crippen molar-refractivity contribution < 1.29 is 23.6 Å². The highest BCUT2D eigenvalue weighted by Gasteiger charge is 2.15. The number of carbonyl (C=O) groups is 2. The first kappa shape index (κ1) is 15.2. The summed E-state index contributed by atoms with van der Waals surface area (Å²) in [6, 6.07) is 4.47. The molecule has 1 atom stereocenters. The number of furan rings is 1. The van der Waals surface area contributed by atoms with Gasteiger partial charge in [0.25, 0.3) is 0 Å². The molecule has 0 aliphatic rings. The first-order valence-corrected chi connectivity index (χ1v) is 7.36. The highest BCUT2D eigenvalue weighted by Crippen LogP contribution is 2.22. The Kier molecular flexibility index (Phi) is 5.44. The summed E-state index contributed by atoms with van der Waals surface area (Å²) in [6.45, 7) is 0. The molecule has 8 heteroatoms. The minimum Gasteiger partial charge on any atom is -0.480 e. The number of aliphatic carboxylic acids is 1. The lowest BCUT2D eigenvalue weighted by molar-refractivity contribution is -0.140. The molecule has 0 fully saturated rings. The van der Waals surface area contributed by atoms with Crippen LogP contribution >= 0.6 is 11.8 Å². The Morgan fingerprint density at radius 3 is 3.05 bits per heavy atom. The zero-order valence-electron chi connectivity index (χ0n) is 11.0. The number of nitrogens with zero attached hydrogens (tertiary/aromatic N) is 1. The molecule has 2 aromatic rings. The third-order valence-electron chi connectivity index (χ3n) is 2.69. The lowest BCUT2D eigenvalue weighted by atomic mass is 10.2. The van der Waals surface area contributed by atoms with E-state index in [-0.39, 0.29) is 0 Å². The van der Waals surface area contributed by atoms with Gasteiger partial charge >= 0.3 is 5.97 Å². The first-order chi connectivity index (χ1) is 10.2. The quantitative estimate of drug-likeness (QED) is 0.537. The molecule has 0 radical (unpaired) electrons. The minimum absolute atomic E-state index is 0.349. The van der Waals surface area contributed by atoms with Gasteiger partial charge < -0.3 is 19.4 Å². The molecule has 0 saturated heterocycles. The molecule has 1 unspecified atom stereocenters. The maximum Gasteiger partial charge on any atom is 0.326 e. The molecule has 2 rings (SSSR count). The molecule has 2 aromatic heterocycles. The van der Waals surface area contributed by atoms with Crippen LogP contribution in [-0.2, 0) is 15.3 Å². The van der Waals surface area contributed by atoms with E-state index in [1.54, 1.807) is 24.5 Å². The Labute approximate surface area is 124 Å². The Balaban J connectivity index is 1.76. The van der Waals surface area contributed by atoms with Gasteiger partial charge in [-0.05, 0) is 24.3 Å². The number of rotatable bonds is 9. The monoisotopic (exact) mass is 310 g/mol. The fourth-order valence-electron chi connectivity index (χ4n) is 1.65. The van der Waals surface area contributed by atoms with Crippen molar-refractivity contribution in [1.82, 2.24) is 10.5 Å². The lowest BCUT2D eigenvalue weighted by Gasteiger charge is -2.09. The van der Waals surface area contributed by atoms with E-state index in [0.29, 0.717) is 35.9 Å². The van der Waals surface area contributed by atoms with Crippen LogP contribution in [0.5, 0.6) is 0 Å². The van der Waals surface area contributed by atoms with Crippen molar-refractivity contribution in [3.05, 3.63) is 30.2 Å². The summed E-state index contributed by atoms with van der Waals surface area (Å²) in [7, 11) is 0. The molecule has 0 aliphatic heterocycles. The number of nitrogens with one attached hydrogen (secondary N) is 1. The second-order valence-corrected chi connectivity index (χ2v) is 5.28. The maximum absolute atomic E-state index is 10.8. The Bertz CT molecular complexity index is 581. The smallest absolute Gasteiger partial charge is 0.326 e. The Morgan fingerprint density at radius 2 is 2.38 bits per heavy atom. The van der Waals surface area contributed by atoms with E-state index in [1.165, 1.54) is 11.8 Å². The molecule has 1 amide bonds. The number of aromatic nitrogens is 1. The van der Waals surface area contributed by atoms with Gasteiger partial charge in [-0.3, -0.25) is 4.79 Å². The van der Waals surface area contributed by atoms with Gasteiger partial charge in [0.05, 0.1) is 12.0 Å². The number of hydrogen-bond donors (Lipinski definition) is 2. The predicted octanol–water partition coefficient (Wildman–Crippen LogP) is 1.76. The van der Waals surface area contributed by atoms with Crippen molar-refractivity contribution in [2.45, 2.75) is 18.2 Å². The Morgan fingerprint density at radius 1 is 1.52 bits per heavy atom. The number of amides is 1. The van der Waals surface area contributed by atoms with Crippen LogP contribution in [0.4, 0.5) is 0 Å². The minimum atomic E-state index is -1.04. The SMILES string of the molecule is O=CNC(CCSCc1cc(-c2ccco2)on1)C(=O)O. The van der Waals surface area contributed by atoms with Gasteiger partial charge in [-0.1, -0.05) is 5.16 Å². The standard InChI is InChI=1S/C13H14N2O5S/c16-8-14-10(13(17)18)3-5-21-7-9-6-12(20-15-9)11-2-1-4-19-11/h1-2,4,6,8,10H,3,5,7H2,(H,14,16)(H,17,18). The third-order valence-corrected chi connectivity index (χ3v) is 3.72. The number of thioether (sulfide) groups is 1. The number of hydrogen-bond acceptors (Lipinski definition) is 6. The van der Waals surface area contributed by atoms with Gasteiger partial charge in [-0.15, -0.1) is 0 Å². The van der Waals surface area contributed by atoms with Crippen molar-refractivity contribution in [3.63, 3.8) is 0 Å². The lowest BCUT2D eigenvalue weighted by Crippen LogP contribution is -2.36. The van der Waals surface area contributed by atoms with E-state index in [9.17, 15) is 9.59 Å². The fourth-order valence-corrected chi connectivity index (χ4v) is 2.54. The van der Waals surface area contributed by atoms with Crippen LogP contribution in [0.25, 0.3) is 11.5 Å². The molecule has 0 spiro atoms. The van der Waals surface area contributed by atoms with Gasteiger partial charge in [0.15, 0.2) is 5.76 Å². The van der Waals surface area contributed by atoms with Crippen LogP contribution in [0.3, 0.4) is 0 Å². The summed E-state index contributed by atoms with van der Waals surface area (Å²) in [5, 5.41) is 15.0. The summed E-state index contributed by atoms with van der Waals surface area (Å²) in [4.78, 5) is 21.1. The van der Waals surface area contributed by atoms with E-state index in [2.05, 4.69) is 10.5 Å². The van der Waals surface area contributed by atoms with Crippen molar-refractivity contribution in [2.24, 2.45) is 0 Å². The van der Waals surface area contributed by atoms with Crippen LogP contribution in [0.1, 0.15) is 12.1 Å². The summed E-state index contributed by atoms with van der Waals surface area (Å²) in [5.41, 5.74) is 0.752. The van der Waals surface area contributed by atoms with Gasteiger partial charge in [0.2, 0.25) is 12.2 Å². The van der Waals surface area contributed by atoms with Crippen LogP contribution in [-0.4, -0.2) is 34.4 Å². The molecule has 0 bridgehead atoms. The molecule has 7 nitrogen and oxygen atoms in total. The largest absolute Gasteiger partial charge is 0.480 e. The summed E-state index contributed by atoms with van der Waals surface area (Å²) < 4.78 is 10.4. The second-order valence-electron chi connectivity index (χ2n) is 4.18. The van der Waals surface area contributed by atoms with Crippen LogP contribution in [0, 0.1) is 0 Å². The highest BCUT2D eigenvalue weighted by molar-refractivity contribution is 7.98. The normalized spacial score (nSPS) is 12.0. The highest BCUT2D eigenvalue weighted by atomic mass is 32.2. The van der Waals surface area contributed by atoms with Crippen molar-refractivity contribution in [3.8, 4) is 11.5 Å². The Hall–Kier alpha value is -2.22. The summed E-state index contributed by atoms with van der Waals surface area (Å²) in [5.74, 6) is 1.31. The van der Waals surface area contributed by atoms with E-state index in [4.69, 9.17) is 14.0 Å². The zero-order chi connectivity index (χ0) is 15.1. The van der Waals surface area contributed by atoms with Crippen LogP contribution < -0.4 is 5.32 Å². The maximum atomic E-state index is 10.8. The third kappa shape index (κ3) is 4.38. The molecule has 0 aliphatic carbocycles. The van der Waals surface area contributed by atoms with Gasteiger partial charge in [-0.2, -0.15) is 11.8 Å². The zero-order valence-corrected chi connectivity index (χ0v) is 11.8. The molecular weight excluding hydrogens is 296 g/mol. The molecule has 21 heavy (non-hydrogen) atoms. The molecule has 0 saturated carbocycles. The molecule has 112 valence electrons. The van der Waals surface area contributed by atoms with E-state index >= 15 is 0 Å². The molecule has 2 N–H and O–H groups in total. The average molecular weight is 310 g/mol. The van der Waals surface area contributed by atoms with E-state index in [1.807, 2.05) is 0 Å². The number of carboxylic acid groups (broad SMARTS) is 1. The van der Waals surface area contributed by atoms with Crippen LogP contribution in [0.2, 0.25) is 0 Å². The second kappa shape index (κ2) is 7.53. The molecule has 2 heterocycles. The fraction of sp³-hybridized carbons (Fsp3) is 0.308. The number of carboxylic acids is 1. The van der Waals surface area contributed by atoms with Crippen LogP contribution in [0.15, 0.2) is 33.4 Å². The topological polar surface area (TPSA) is 106 Å². The van der Waals surface area contributed by atoms with E-state index in [0.717, 1.165) is 5.69 Å². The summed E-state index contributed by atoms with van der Waals surface area (Å²) in [6.07, 6.45) is 2.30. The molecule has 0 aromatic carbocycles. The van der Waals surface area contributed by atoms with Gasteiger partial charge in [-0.25, -0.2) is 4.79 Å². The van der Waals surface area contributed by atoms with Crippen molar-refractivity contribution >= 4 is 24.1 Å². The average Bonchev–Trinajstić information content (AvgIpc) is 3.12. The van der Waals surface area contributed by atoms with Gasteiger partial charge in [0.1, 0.15) is 6.04 Å². The van der Waals surface area contributed by atoms with E-state index < -0.39 is 12.0 Å². The van der Waals surface area contributed by atoms with Crippen molar-refractivity contribution in [1.29, 1.82) is 0 Å². The molecular formula is C13H14N2O5S. The van der Waals surface area contributed by atoms with Gasteiger partial charge in [0, 0.05) is 11.8 Å². The first-order valence-electron chi connectivity index (χ1n) is 6.20. The number of carbonyl (C=O) groups excluding carboxylic acids is 1. The summed E-state index contributed by atoms with van der Waals surface area (Å²) >= 11 is 1.52.